The predicted octanol–water partition coefficient (Wildman–Crippen LogP) is 5.87. The lowest BCUT2D eigenvalue weighted by atomic mass is 9.97. The second-order valence-corrected chi connectivity index (χ2v) is 10.2. The van der Waals surface area contributed by atoms with Crippen LogP contribution < -0.4 is 0 Å². The first kappa shape index (κ1) is 30.6. The molecular formula is C34H40O7. The van der Waals surface area contributed by atoms with Crippen LogP contribution in [0.3, 0.4) is 0 Å². The van der Waals surface area contributed by atoms with Gasteiger partial charge < -0.3 is 28.4 Å². The fraction of sp³-hybridized carbons (Fsp3) is 0.382. The maximum Gasteiger partial charge on any atom is 0.306 e. The second-order valence-electron chi connectivity index (χ2n) is 10.2. The number of carbonyl (C=O) groups excluding carboxylic acids is 1. The number of methoxy groups -OCH3 is 1. The van der Waals surface area contributed by atoms with E-state index in [0.29, 0.717) is 19.8 Å². The number of allylic oxidation sites excluding steroid dienone is 1. The van der Waals surface area contributed by atoms with Gasteiger partial charge in [0.05, 0.1) is 32.8 Å². The fourth-order valence-electron chi connectivity index (χ4n) is 4.66. The zero-order valence-corrected chi connectivity index (χ0v) is 23.8. The van der Waals surface area contributed by atoms with E-state index in [2.05, 4.69) is 6.58 Å². The van der Waals surface area contributed by atoms with Crippen LogP contribution in [0.1, 0.15) is 30.0 Å². The molecule has 4 rings (SSSR count). The Morgan fingerprint density at radius 3 is 1.83 bits per heavy atom. The molecule has 7 nitrogen and oxygen atoms in total. The third kappa shape index (κ3) is 9.35. The van der Waals surface area contributed by atoms with Crippen LogP contribution in [-0.4, -0.2) is 50.4 Å². The highest BCUT2D eigenvalue weighted by Gasteiger charge is 2.50. The molecule has 0 N–H and O–H groups in total. The Hall–Kier alpha value is -3.33. The summed E-state index contributed by atoms with van der Waals surface area (Å²) in [5.41, 5.74) is 3.00. The summed E-state index contributed by atoms with van der Waals surface area (Å²) in [6, 6.07) is 29.6. The van der Waals surface area contributed by atoms with Gasteiger partial charge in [-0.05, 0) is 22.6 Å². The Labute approximate surface area is 243 Å². The minimum Gasteiger partial charge on any atom is -0.457 e. The van der Waals surface area contributed by atoms with Crippen LogP contribution in [-0.2, 0) is 53.0 Å². The molecule has 41 heavy (non-hydrogen) atoms. The van der Waals surface area contributed by atoms with Gasteiger partial charge in [-0.15, -0.1) is 6.58 Å². The van der Waals surface area contributed by atoms with Crippen LogP contribution in [0.25, 0.3) is 0 Å². The minimum atomic E-state index is -0.800. The summed E-state index contributed by atoms with van der Waals surface area (Å²) in [4.78, 5) is 13.1. The van der Waals surface area contributed by atoms with Crippen molar-refractivity contribution in [1.29, 1.82) is 0 Å². The van der Waals surface area contributed by atoms with Crippen molar-refractivity contribution in [2.75, 3.05) is 13.7 Å². The highest BCUT2D eigenvalue weighted by atomic mass is 16.7. The SMILES string of the molecule is C=C[C@@H](C)CC(=O)O[C@H]1[C@H](OCc2ccccc2)[C@@H](OCc2ccccc2)[C@@H](OC)O[C@@H]1COCc1ccccc1. The molecular weight excluding hydrogens is 520 g/mol. The van der Waals surface area contributed by atoms with Crippen molar-refractivity contribution in [3.8, 4) is 0 Å². The number of ether oxygens (including phenoxy) is 6. The van der Waals surface area contributed by atoms with E-state index in [4.69, 9.17) is 28.4 Å². The van der Waals surface area contributed by atoms with Crippen molar-refractivity contribution in [3.05, 3.63) is 120 Å². The molecule has 0 aromatic heterocycles. The first-order valence-electron chi connectivity index (χ1n) is 14.0. The van der Waals surface area contributed by atoms with E-state index >= 15 is 0 Å². The Kier molecular flexibility index (Phi) is 12.1. The second kappa shape index (κ2) is 16.2. The van der Waals surface area contributed by atoms with Gasteiger partial charge in [-0.2, -0.15) is 0 Å². The van der Waals surface area contributed by atoms with Crippen LogP contribution in [0.4, 0.5) is 0 Å². The Balaban J connectivity index is 1.58. The summed E-state index contributed by atoms with van der Waals surface area (Å²) < 4.78 is 37.2. The van der Waals surface area contributed by atoms with Gasteiger partial charge in [0, 0.05) is 7.11 Å². The summed E-state index contributed by atoms with van der Waals surface area (Å²) >= 11 is 0. The smallest absolute Gasteiger partial charge is 0.306 e. The number of esters is 1. The van der Waals surface area contributed by atoms with Gasteiger partial charge in [0.25, 0.3) is 0 Å². The zero-order valence-electron chi connectivity index (χ0n) is 23.8. The van der Waals surface area contributed by atoms with Gasteiger partial charge >= 0.3 is 5.97 Å². The lowest BCUT2D eigenvalue weighted by molar-refractivity contribution is -0.317. The molecule has 0 aliphatic carbocycles. The molecule has 0 amide bonds. The van der Waals surface area contributed by atoms with Crippen molar-refractivity contribution in [2.45, 2.75) is 63.9 Å². The molecule has 1 saturated heterocycles. The van der Waals surface area contributed by atoms with Crippen molar-refractivity contribution in [2.24, 2.45) is 5.92 Å². The van der Waals surface area contributed by atoms with Crippen molar-refractivity contribution in [1.82, 2.24) is 0 Å². The number of hydrogen-bond acceptors (Lipinski definition) is 7. The van der Waals surface area contributed by atoms with Crippen LogP contribution in [0.5, 0.6) is 0 Å². The van der Waals surface area contributed by atoms with Crippen LogP contribution in [0, 0.1) is 5.92 Å². The third-order valence-corrected chi connectivity index (χ3v) is 6.95. The number of hydrogen-bond donors (Lipinski definition) is 0. The average Bonchev–Trinajstić information content (AvgIpc) is 3.01. The monoisotopic (exact) mass is 560 g/mol. The Morgan fingerprint density at radius 1 is 0.805 bits per heavy atom. The Bertz CT molecular complexity index is 1170. The molecule has 0 unspecified atom stereocenters. The van der Waals surface area contributed by atoms with Crippen LogP contribution in [0.15, 0.2) is 104 Å². The molecule has 1 aliphatic heterocycles. The predicted molar refractivity (Wildman–Crippen MR) is 156 cm³/mol. The number of rotatable bonds is 15. The van der Waals surface area contributed by atoms with E-state index in [1.54, 1.807) is 13.2 Å². The van der Waals surface area contributed by atoms with Gasteiger partial charge in [-0.3, -0.25) is 4.79 Å². The zero-order chi connectivity index (χ0) is 28.9. The van der Waals surface area contributed by atoms with E-state index in [1.165, 1.54) is 0 Å². The van der Waals surface area contributed by atoms with E-state index in [9.17, 15) is 4.79 Å². The summed E-state index contributed by atoms with van der Waals surface area (Å²) in [5.74, 6) is -0.412. The maximum atomic E-state index is 13.1. The summed E-state index contributed by atoms with van der Waals surface area (Å²) in [7, 11) is 1.57. The lowest BCUT2D eigenvalue weighted by Crippen LogP contribution is -2.62. The van der Waals surface area contributed by atoms with Crippen molar-refractivity contribution >= 4 is 5.97 Å². The van der Waals surface area contributed by atoms with Gasteiger partial charge in [-0.1, -0.05) is 104 Å². The van der Waals surface area contributed by atoms with E-state index in [0.717, 1.165) is 16.7 Å². The molecule has 1 heterocycles. The first-order chi connectivity index (χ1) is 20.1. The molecule has 1 fully saturated rings. The number of carbonyl (C=O) groups is 1. The van der Waals surface area contributed by atoms with Gasteiger partial charge in [0.15, 0.2) is 12.4 Å². The first-order valence-corrected chi connectivity index (χ1v) is 14.0. The molecule has 6 atom stereocenters. The van der Waals surface area contributed by atoms with Crippen molar-refractivity contribution in [3.63, 3.8) is 0 Å². The maximum absolute atomic E-state index is 13.1. The quantitative estimate of drug-likeness (QED) is 0.170. The van der Waals surface area contributed by atoms with E-state index in [-0.39, 0.29) is 24.9 Å². The van der Waals surface area contributed by atoms with Crippen LogP contribution >= 0.6 is 0 Å². The van der Waals surface area contributed by atoms with Crippen LogP contribution in [0.2, 0.25) is 0 Å². The molecule has 0 radical (unpaired) electrons. The molecule has 218 valence electrons. The molecule has 1 aliphatic rings. The normalized spacial score (nSPS) is 23.0. The van der Waals surface area contributed by atoms with Gasteiger partial charge in [0.2, 0.25) is 0 Å². The highest BCUT2D eigenvalue weighted by Crippen LogP contribution is 2.31. The summed E-state index contributed by atoms with van der Waals surface area (Å²) in [6.45, 7) is 6.87. The third-order valence-electron chi connectivity index (χ3n) is 6.95. The molecule has 0 saturated carbocycles. The molecule has 7 heteroatoms. The topological polar surface area (TPSA) is 72.5 Å². The Morgan fingerprint density at radius 2 is 1.32 bits per heavy atom. The molecule has 3 aromatic carbocycles. The molecule has 0 bridgehead atoms. The summed E-state index contributed by atoms with van der Waals surface area (Å²) in [6.07, 6.45) is -1.67. The molecule has 0 spiro atoms. The van der Waals surface area contributed by atoms with Gasteiger partial charge in [-0.25, -0.2) is 0 Å². The minimum absolute atomic E-state index is 0.0414. The largest absolute Gasteiger partial charge is 0.457 e. The van der Waals surface area contributed by atoms with E-state index in [1.807, 2.05) is 97.9 Å². The van der Waals surface area contributed by atoms with Crippen molar-refractivity contribution < 1.29 is 33.2 Å². The average molecular weight is 561 g/mol. The fourth-order valence-corrected chi connectivity index (χ4v) is 4.66. The molecule has 3 aromatic rings. The van der Waals surface area contributed by atoms with E-state index < -0.39 is 30.7 Å². The lowest BCUT2D eigenvalue weighted by Gasteiger charge is -2.45. The summed E-state index contributed by atoms with van der Waals surface area (Å²) in [5, 5.41) is 0. The number of benzene rings is 3. The highest BCUT2D eigenvalue weighted by molar-refractivity contribution is 5.70. The van der Waals surface area contributed by atoms with Gasteiger partial charge in [0.1, 0.15) is 18.3 Å². The standard InChI is InChI=1S/C34H40O7/c1-4-25(2)20-30(35)41-31-29(24-37-21-26-14-8-5-9-15-26)40-34(36-3)33(39-23-28-18-12-7-13-19-28)32(31)38-22-27-16-10-6-11-17-27/h4-19,25,29,31-34H,1,20-24H2,2-3H3/t25-,29-,31-,32+,33-,34+/m1/s1.